The molecule has 1 aromatic carbocycles. The van der Waals surface area contributed by atoms with Crippen molar-refractivity contribution in [2.45, 2.75) is 36.5 Å². The van der Waals surface area contributed by atoms with Crippen molar-refractivity contribution >= 4 is 29.4 Å². The monoisotopic (exact) mass is 336 g/mol. The van der Waals surface area contributed by atoms with Gasteiger partial charge >= 0.3 is 0 Å². The van der Waals surface area contributed by atoms with E-state index >= 15 is 0 Å². The Kier molecular flexibility index (Phi) is 5.43. The van der Waals surface area contributed by atoms with E-state index < -0.39 is 28.7 Å². The highest BCUT2D eigenvalue weighted by Crippen LogP contribution is 2.24. The largest absolute Gasteiger partial charge is 0.368 e. The molecule has 1 heterocycles. The van der Waals surface area contributed by atoms with Crippen molar-refractivity contribution < 1.29 is 19.1 Å². The summed E-state index contributed by atoms with van der Waals surface area (Å²) < 4.78 is 5.26. The number of ketones is 1. The molecule has 1 aliphatic rings. The lowest BCUT2D eigenvalue weighted by molar-refractivity contribution is -0.132. The number of primary amides is 1. The van der Waals surface area contributed by atoms with Gasteiger partial charge in [-0.25, -0.2) is 0 Å². The summed E-state index contributed by atoms with van der Waals surface area (Å²) in [6.45, 7) is 3.27. The molecule has 3 unspecified atom stereocenters. The van der Waals surface area contributed by atoms with E-state index in [0.717, 1.165) is 17.3 Å². The van der Waals surface area contributed by atoms with Crippen LogP contribution in [-0.2, 0) is 24.9 Å². The van der Waals surface area contributed by atoms with Gasteiger partial charge in [-0.1, -0.05) is 30.3 Å². The van der Waals surface area contributed by atoms with E-state index in [9.17, 15) is 14.4 Å². The number of Topliss-reactive ketones (excluding diaryl/α,β-unsaturated/α-hetero) is 1. The van der Waals surface area contributed by atoms with E-state index in [4.69, 9.17) is 10.5 Å². The summed E-state index contributed by atoms with van der Waals surface area (Å²) in [5.74, 6) is -1.04. The molecule has 6 nitrogen and oxygen atoms in total. The van der Waals surface area contributed by atoms with Crippen LogP contribution >= 0.6 is 11.8 Å². The molecule has 0 bridgehead atoms. The van der Waals surface area contributed by atoms with Crippen molar-refractivity contribution in [2.75, 3.05) is 6.61 Å². The van der Waals surface area contributed by atoms with Gasteiger partial charge in [-0.15, -0.1) is 11.8 Å². The van der Waals surface area contributed by atoms with E-state index in [1.165, 1.54) is 0 Å². The van der Waals surface area contributed by atoms with Crippen LogP contribution in [0.15, 0.2) is 30.3 Å². The maximum Gasteiger partial charge on any atom is 0.243 e. The van der Waals surface area contributed by atoms with E-state index in [0.29, 0.717) is 5.75 Å². The third-order valence-corrected chi connectivity index (χ3v) is 5.28. The minimum atomic E-state index is -1.13. The van der Waals surface area contributed by atoms with Gasteiger partial charge in [0.1, 0.15) is 12.1 Å². The topological polar surface area (TPSA) is 98.5 Å². The summed E-state index contributed by atoms with van der Waals surface area (Å²) in [6.07, 6.45) is -0.452. The predicted molar refractivity (Wildman–Crippen MR) is 87.7 cm³/mol. The fourth-order valence-electron chi connectivity index (χ4n) is 2.28. The van der Waals surface area contributed by atoms with Crippen molar-refractivity contribution in [1.29, 1.82) is 0 Å². The van der Waals surface area contributed by atoms with Crippen LogP contribution in [0.4, 0.5) is 0 Å². The molecular formula is C16H20N2O4S. The number of nitrogens with one attached hydrogen (secondary N) is 1. The zero-order chi connectivity index (χ0) is 17.0. The van der Waals surface area contributed by atoms with Gasteiger partial charge in [0.2, 0.25) is 11.8 Å². The quantitative estimate of drug-likeness (QED) is 0.743. The standard InChI is InChI=1S/C16H20N2O4S/c1-10-16(2,12(19)8-22-10)18-15(21)13(14(17)20)23-9-11-6-4-3-5-7-11/h3-7,10,13H,8-9H2,1-2H3,(H2,17,20)(H,18,21). The minimum Gasteiger partial charge on any atom is -0.368 e. The number of amides is 2. The molecule has 2 rings (SSSR count). The van der Waals surface area contributed by atoms with Crippen molar-refractivity contribution in [3.05, 3.63) is 35.9 Å². The molecule has 1 aliphatic heterocycles. The molecule has 1 saturated heterocycles. The second kappa shape index (κ2) is 7.14. The Hall–Kier alpha value is -1.86. The Morgan fingerprint density at radius 1 is 1.43 bits per heavy atom. The Bertz CT molecular complexity index is 607. The second-order valence-corrected chi connectivity index (χ2v) is 6.74. The number of benzene rings is 1. The first kappa shape index (κ1) is 17.5. The molecule has 3 N–H and O–H groups in total. The number of hydrogen-bond acceptors (Lipinski definition) is 5. The Balaban J connectivity index is 2.04. The van der Waals surface area contributed by atoms with E-state index in [2.05, 4.69) is 5.32 Å². The van der Waals surface area contributed by atoms with Gasteiger partial charge in [0.05, 0.1) is 6.10 Å². The summed E-state index contributed by atoms with van der Waals surface area (Å²) in [7, 11) is 0. The normalized spacial score (nSPS) is 25.1. The van der Waals surface area contributed by atoms with Crippen LogP contribution in [0.3, 0.4) is 0 Å². The number of carbonyl (C=O) groups is 3. The maximum absolute atomic E-state index is 12.4. The number of hydrogen-bond donors (Lipinski definition) is 2. The fourth-order valence-corrected chi connectivity index (χ4v) is 3.20. The molecule has 1 aromatic rings. The molecule has 3 atom stereocenters. The maximum atomic E-state index is 12.4. The zero-order valence-electron chi connectivity index (χ0n) is 13.1. The number of rotatable bonds is 6. The third kappa shape index (κ3) is 3.92. The van der Waals surface area contributed by atoms with Crippen LogP contribution < -0.4 is 11.1 Å². The van der Waals surface area contributed by atoms with Crippen LogP contribution in [0.2, 0.25) is 0 Å². The summed E-state index contributed by atoms with van der Waals surface area (Å²) in [5.41, 5.74) is 5.21. The molecule has 23 heavy (non-hydrogen) atoms. The smallest absolute Gasteiger partial charge is 0.243 e. The molecule has 0 spiro atoms. The lowest BCUT2D eigenvalue weighted by Crippen LogP contribution is -2.58. The summed E-state index contributed by atoms with van der Waals surface area (Å²) in [5, 5.41) is 1.57. The molecule has 0 aliphatic carbocycles. The van der Waals surface area contributed by atoms with Crippen molar-refractivity contribution in [1.82, 2.24) is 5.32 Å². The van der Waals surface area contributed by atoms with Crippen LogP contribution in [0, 0.1) is 0 Å². The first-order valence-corrected chi connectivity index (χ1v) is 8.31. The molecule has 0 radical (unpaired) electrons. The molecule has 0 saturated carbocycles. The minimum absolute atomic E-state index is 0.0453. The average Bonchev–Trinajstić information content (AvgIpc) is 2.75. The van der Waals surface area contributed by atoms with Gasteiger partial charge in [-0.2, -0.15) is 0 Å². The fraction of sp³-hybridized carbons (Fsp3) is 0.438. The lowest BCUT2D eigenvalue weighted by Gasteiger charge is -2.28. The van der Waals surface area contributed by atoms with Gasteiger partial charge in [0.15, 0.2) is 11.0 Å². The van der Waals surface area contributed by atoms with Crippen molar-refractivity contribution in [2.24, 2.45) is 5.73 Å². The number of thioether (sulfide) groups is 1. The molecule has 1 fully saturated rings. The highest BCUT2D eigenvalue weighted by Gasteiger charge is 2.47. The highest BCUT2D eigenvalue weighted by atomic mass is 32.2. The molecular weight excluding hydrogens is 316 g/mol. The Labute approximate surface area is 139 Å². The first-order chi connectivity index (χ1) is 10.8. The zero-order valence-corrected chi connectivity index (χ0v) is 13.9. The molecule has 2 amide bonds. The number of ether oxygens (including phenoxy) is 1. The number of nitrogens with two attached hydrogens (primary N) is 1. The molecule has 0 aromatic heterocycles. The lowest BCUT2D eigenvalue weighted by atomic mass is 9.93. The average molecular weight is 336 g/mol. The molecule has 7 heteroatoms. The summed E-state index contributed by atoms with van der Waals surface area (Å²) >= 11 is 1.14. The van der Waals surface area contributed by atoms with Crippen LogP contribution in [-0.4, -0.2) is 41.1 Å². The summed E-state index contributed by atoms with van der Waals surface area (Å²) in [6, 6.07) is 9.46. The predicted octanol–water partition coefficient (Wildman–Crippen LogP) is 0.636. The highest BCUT2D eigenvalue weighted by molar-refractivity contribution is 8.00. The van der Waals surface area contributed by atoms with Crippen molar-refractivity contribution in [3.8, 4) is 0 Å². The van der Waals surface area contributed by atoms with E-state index in [-0.39, 0.29) is 12.4 Å². The van der Waals surface area contributed by atoms with Crippen LogP contribution in [0.5, 0.6) is 0 Å². The Morgan fingerprint density at radius 3 is 2.61 bits per heavy atom. The van der Waals surface area contributed by atoms with Crippen LogP contribution in [0.1, 0.15) is 19.4 Å². The van der Waals surface area contributed by atoms with Gasteiger partial charge in [0, 0.05) is 5.75 Å². The van der Waals surface area contributed by atoms with Crippen LogP contribution in [0.25, 0.3) is 0 Å². The number of carbonyl (C=O) groups excluding carboxylic acids is 3. The first-order valence-electron chi connectivity index (χ1n) is 7.26. The van der Waals surface area contributed by atoms with Crippen molar-refractivity contribution in [3.63, 3.8) is 0 Å². The Morgan fingerprint density at radius 2 is 2.09 bits per heavy atom. The second-order valence-electron chi connectivity index (χ2n) is 5.65. The van der Waals surface area contributed by atoms with E-state index in [1.807, 2.05) is 30.3 Å². The van der Waals surface area contributed by atoms with E-state index in [1.54, 1.807) is 13.8 Å². The third-order valence-electron chi connectivity index (χ3n) is 4.00. The van der Waals surface area contributed by atoms with Gasteiger partial charge < -0.3 is 15.8 Å². The SMILES string of the molecule is CC1OCC(=O)C1(C)NC(=O)C(SCc1ccccc1)C(N)=O. The van der Waals surface area contributed by atoms with Gasteiger partial charge in [-0.05, 0) is 19.4 Å². The molecule has 124 valence electrons. The van der Waals surface area contributed by atoms with Gasteiger partial charge in [-0.3, -0.25) is 14.4 Å². The van der Waals surface area contributed by atoms with Gasteiger partial charge in [0.25, 0.3) is 0 Å². The summed E-state index contributed by atoms with van der Waals surface area (Å²) in [4.78, 5) is 36.0.